The first kappa shape index (κ1) is 27.8. The Hall–Kier alpha value is -4.27. The molecule has 39 heavy (non-hydrogen) atoms. The molecular weight excluding hydrogens is 497 g/mol. The van der Waals surface area contributed by atoms with Gasteiger partial charge in [0, 0.05) is 50.6 Å². The second kappa shape index (κ2) is 13.5. The number of urea groups is 1. The highest BCUT2D eigenvalue weighted by Gasteiger charge is 2.24. The number of hydrogen-bond donors (Lipinski definition) is 3. The van der Waals surface area contributed by atoms with E-state index in [1.165, 1.54) is 12.1 Å². The van der Waals surface area contributed by atoms with Gasteiger partial charge in [-0.05, 0) is 54.4 Å². The highest BCUT2D eigenvalue weighted by atomic mass is 19.1. The molecule has 3 aromatic rings. The van der Waals surface area contributed by atoms with Crippen molar-refractivity contribution in [2.45, 2.75) is 26.3 Å². The van der Waals surface area contributed by atoms with Crippen molar-refractivity contribution in [2.24, 2.45) is 0 Å². The van der Waals surface area contributed by atoms with Crippen LogP contribution in [0.2, 0.25) is 0 Å². The summed E-state index contributed by atoms with van der Waals surface area (Å²) < 4.78 is 18.8. The maximum atomic E-state index is 13.4. The zero-order valence-electron chi connectivity index (χ0n) is 22.5. The van der Waals surface area contributed by atoms with E-state index in [1.807, 2.05) is 30.3 Å². The van der Waals surface area contributed by atoms with Crippen molar-refractivity contribution in [3.63, 3.8) is 0 Å². The maximum Gasteiger partial charge on any atom is 0.319 e. The van der Waals surface area contributed by atoms with Crippen molar-refractivity contribution < 1.29 is 18.7 Å². The molecule has 9 heteroatoms. The van der Waals surface area contributed by atoms with Crippen LogP contribution in [0.1, 0.15) is 35.7 Å². The van der Waals surface area contributed by atoms with E-state index in [2.05, 4.69) is 38.7 Å². The first-order chi connectivity index (χ1) is 19.0. The standard InChI is InChI=1S/C30H36FN5O3/c1-3-4-15-32-30(38)34-24-13-14-26(25(20-24)29(37)33-21-22-9-11-23(31)12-10-22)35-16-18-36(19-17-35)27-7-5-6-8-28(27)39-2/h5-14,20H,3-4,15-19,21H2,1-2H3,(H,33,37)(H2,32,34,38). The molecule has 0 atom stereocenters. The lowest BCUT2D eigenvalue weighted by Crippen LogP contribution is -2.47. The van der Waals surface area contributed by atoms with Gasteiger partial charge in [0.15, 0.2) is 0 Å². The zero-order chi connectivity index (χ0) is 27.6. The third-order valence-electron chi connectivity index (χ3n) is 6.73. The van der Waals surface area contributed by atoms with Gasteiger partial charge in [0.1, 0.15) is 11.6 Å². The van der Waals surface area contributed by atoms with Crippen LogP contribution in [0, 0.1) is 5.82 Å². The van der Waals surface area contributed by atoms with Gasteiger partial charge in [-0.15, -0.1) is 0 Å². The van der Waals surface area contributed by atoms with Gasteiger partial charge in [-0.3, -0.25) is 4.79 Å². The lowest BCUT2D eigenvalue weighted by atomic mass is 10.1. The molecule has 1 heterocycles. The number of unbranched alkanes of at least 4 members (excludes halogenated alkanes) is 1. The van der Waals surface area contributed by atoms with Gasteiger partial charge in [0.05, 0.1) is 18.4 Å². The summed E-state index contributed by atoms with van der Waals surface area (Å²) in [5.41, 5.74) is 3.64. The number of carbonyl (C=O) groups excluding carboxylic acids is 2. The van der Waals surface area contributed by atoms with E-state index >= 15 is 0 Å². The summed E-state index contributed by atoms with van der Waals surface area (Å²) in [6, 6.07) is 19.1. The Bertz CT molecular complexity index is 1260. The number of rotatable bonds is 10. The van der Waals surface area contributed by atoms with Crippen LogP contribution in [-0.4, -0.2) is 51.8 Å². The molecule has 0 spiro atoms. The molecule has 4 rings (SSSR count). The molecule has 0 saturated carbocycles. The molecule has 0 radical (unpaired) electrons. The van der Waals surface area contributed by atoms with Crippen molar-refractivity contribution >= 4 is 29.0 Å². The van der Waals surface area contributed by atoms with Gasteiger partial charge < -0.3 is 30.5 Å². The number of para-hydroxylation sites is 2. The van der Waals surface area contributed by atoms with Gasteiger partial charge >= 0.3 is 6.03 Å². The zero-order valence-corrected chi connectivity index (χ0v) is 22.5. The number of ether oxygens (including phenoxy) is 1. The van der Waals surface area contributed by atoms with Crippen LogP contribution in [0.25, 0.3) is 0 Å². The van der Waals surface area contributed by atoms with E-state index in [9.17, 15) is 14.0 Å². The molecule has 3 N–H and O–H groups in total. The number of piperazine rings is 1. The fourth-order valence-electron chi connectivity index (χ4n) is 4.58. The molecule has 8 nitrogen and oxygen atoms in total. The minimum Gasteiger partial charge on any atom is -0.495 e. The third kappa shape index (κ3) is 7.40. The predicted octanol–water partition coefficient (Wildman–Crippen LogP) is 5.01. The summed E-state index contributed by atoms with van der Waals surface area (Å²) >= 11 is 0. The predicted molar refractivity (Wildman–Crippen MR) is 153 cm³/mol. The second-order valence-corrected chi connectivity index (χ2v) is 9.42. The van der Waals surface area contributed by atoms with Crippen molar-refractivity contribution in [3.05, 3.63) is 83.7 Å². The molecule has 0 unspecified atom stereocenters. The van der Waals surface area contributed by atoms with E-state index in [0.29, 0.717) is 30.9 Å². The Kier molecular flexibility index (Phi) is 9.61. The molecule has 1 aliphatic heterocycles. The van der Waals surface area contributed by atoms with Crippen LogP contribution in [0.4, 0.5) is 26.2 Å². The average Bonchev–Trinajstić information content (AvgIpc) is 2.97. The lowest BCUT2D eigenvalue weighted by Gasteiger charge is -2.38. The van der Waals surface area contributed by atoms with E-state index in [4.69, 9.17) is 4.74 Å². The molecule has 0 aliphatic carbocycles. The van der Waals surface area contributed by atoms with Crippen LogP contribution >= 0.6 is 0 Å². The quantitative estimate of drug-likeness (QED) is 0.319. The van der Waals surface area contributed by atoms with Crippen molar-refractivity contribution in [3.8, 4) is 5.75 Å². The SMILES string of the molecule is CCCCNC(=O)Nc1ccc(N2CCN(c3ccccc3OC)CC2)c(C(=O)NCc2ccc(F)cc2)c1. The number of amides is 3. The van der Waals surface area contributed by atoms with Crippen LogP contribution in [-0.2, 0) is 6.54 Å². The van der Waals surface area contributed by atoms with Crippen LogP contribution < -0.4 is 30.5 Å². The lowest BCUT2D eigenvalue weighted by molar-refractivity contribution is 0.0951. The van der Waals surface area contributed by atoms with Crippen LogP contribution in [0.15, 0.2) is 66.7 Å². The summed E-state index contributed by atoms with van der Waals surface area (Å²) in [4.78, 5) is 30.2. The normalized spacial score (nSPS) is 13.1. The van der Waals surface area contributed by atoms with Gasteiger partial charge in [0.25, 0.3) is 5.91 Å². The molecule has 3 aromatic carbocycles. The van der Waals surface area contributed by atoms with Gasteiger partial charge in [-0.2, -0.15) is 0 Å². The van der Waals surface area contributed by atoms with E-state index in [1.54, 1.807) is 25.3 Å². The highest BCUT2D eigenvalue weighted by molar-refractivity contribution is 6.02. The fourth-order valence-corrected chi connectivity index (χ4v) is 4.58. The molecule has 3 amide bonds. The van der Waals surface area contributed by atoms with Crippen molar-refractivity contribution in [1.82, 2.24) is 10.6 Å². The largest absolute Gasteiger partial charge is 0.495 e. The Balaban J connectivity index is 1.50. The number of nitrogens with one attached hydrogen (secondary N) is 3. The van der Waals surface area contributed by atoms with Crippen molar-refractivity contribution in [1.29, 1.82) is 0 Å². The van der Waals surface area contributed by atoms with Gasteiger partial charge in [0.2, 0.25) is 0 Å². The highest BCUT2D eigenvalue weighted by Crippen LogP contribution is 2.31. The Morgan fingerprint density at radius 3 is 2.28 bits per heavy atom. The molecule has 1 fully saturated rings. The summed E-state index contributed by atoms with van der Waals surface area (Å²) in [7, 11) is 1.67. The molecular formula is C30H36FN5O3. The van der Waals surface area contributed by atoms with Crippen LogP contribution in [0.5, 0.6) is 5.75 Å². The fraction of sp³-hybridized carbons (Fsp3) is 0.333. The monoisotopic (exact) mass is 533 g/mol. The number of benzene rings is 3. The minimum atomic E-state index is -0.324. The number of anilines is 3. The molecule has 0 bridgehead atoms. The Morgan fingerprint density at radius 1 is 0.897 bits per heavy atom. The third-order valence-corrected chi connectivity index (χ3v) is 6.73. The summed E-state index contributed by atoms with van der Waals surface area (Å²) in [6.45, 7) is 5.84. The Morgan fingerprint density at radius 2 is 1.59 bits per heavy atom. The van der Waals surface area contributed by atoms with Gasteiger partial charge in [-0.25, -0.2) is 9.18 Å². The minimum absolute atomic E-state index is 0.259. The second-order valence-electron chi connectivity index (χ2n) is 9.42. The van der Waals surface area contributed by atoms with Gasteiger partial charge in [-0.1, -0.05) is 37.6 Å². The molecule has 1 aliphatic rings. The average molecular weight is 534 g/mol. The summed E-state index contributed by atoms with van der Waals surface area (Å²) in [5, 5.41) is 8.61. The van der Waals surface area contributed by atoms with Crippen LogP contribution in [0.3, 0.4) is 0 Å². The topological polar surface area (TPSA) is 85.9 Å². The summed E-state index contributed by atoms with van der Waals surface area (Å²) in [6.07, 6.45) is 1.88. The molecule has 0 aromatic heterocycles. The van der Waals surface area contributed by atoms with E-state index in [-0.39, 0.29) is 24.3 Å². The number of nitrogens with zero attached hydrogens (tertiary/aromatic N) is 2. The number of carbonyl (C=O) groups is 2. The smallest absolute Gasteiger partial charge is 0.319 e. The number of halogens is 1. The number of methoxy groups -OCH3 is 1. The van der Waals surface area contributed by atoms with Crippen molar-refractivity contribution in [2.75, 3.05) is 55.0 Å². The first-order valence-corrected chi connectivity index (χ1v) is 13.3. The summed E-state index contributed by atoms with van der Waals surface area (Å²) in [5.74, 6) is 0.242. The maximum absolute atomic E-state index is 13.4. The van der Waals surface area contributed by atoms with E-state index in [0.717, 1.165) is 48.6 Å². The molecule has 1 saturated heterocycles. The first-order valence-electron chi connectivity index (χ1n) is 13.3. The molecule has 206 valence electrons. The van der Waals surface area contributed by atoms with E-state index < -0.39 is 0 Å². The Labute approximate surface area is 229 Å². The number of hydrogen-bond acceptors (Lipinski definition) is 5.